The van der Waals surface area contributed by atoms with Gasteiger partial charge in [0.25, 0.3) is 0 Å². The van der Waals surface area contributed by atoms with Crippen LogP contribution in [0.15, 0.2) is 24.3 Å². The third-order valence-corrected chi connectivity index (χ3v) is 5.18. The van der Waals surface area contributed by atoms with Gasteiger partial charge in [-0.25, -0.2) is 8.42 Å². The summed E-state index contributed by atoms with van der Waals surface area (Å²) in [6.45, 7) is 2.66. The average Bonchev–Trinajstić information content (AvgIpc) is 2.58. The Hall–Kier alpha value is -2.60. The number of piperazine rings is 1. The van der Waals surface area contributed by atoms with Gasteiger partial charge in [-0.05, 0) is 12.1 Å². The molecule has 0 aliphatic carbocycles. The summed E-state index contributed by atoms with van der Waals surface area (Å²) >= 11 is 0. The molecule has 1 heterocycles. The molecule has 0 radical (unpaired) electrons. The van der Waals surface area contributed by atoms with Gasteiger partial charge in [0, 0.05) is 33.1 Å². The fourth-order valence-electron chi connectivity index (χ4n) is 2.66. The fraction of sp³-hybridized carbons (Fsp3) is 0.438. The first kappa shape index (κ1) is 18.7. The molecule has 0 bridgehead atoms. The predicted octanol–water partition coefficient (Wildman–Crippen LogP) is 0.0150. The summed E-state index contributed by atoms with van der Waals surface area (Å²) in [5.41, 5.74) is 0.366. The number of hydrogen-bond donors (Lipinski definition) is 0. The Kier molecular flexibility index (Phi) is 5.64. The number of para-hydroxylation sites is 1. The molecule has 0 atom stereocenters. The van der Waals surface area contributed by atoms with Gasteiger partial charge in [0.1, 0.15) is 12.6 Å². The molecule has 0 unspecified atom stereocenters. The van der Waals surface area contributed by atoms with Gasteiger partial charge in [0.15, 0.2) is 0 Å². The Morgan fingerprint density at radius 2 is 1.72 bits per heavy atom. The van der Waals surface area contributed by atoms with Gasteiger partial charge >= 0.3 is 0 Å². The van der Waals surface area contributed by atoms with E-state index in [1.165, 1.54) is 24.0 Å². The van der Waals surface area contributed by atoms with Crippen LogP contribution in [0.3, 0.4) is 0 Å². The Labute approximate surface area is 147 Å². The van der Waals surface area contributed by atoms with E-state index in [0.29, 0.717) is 26.2 Å². The molecule has 0 saturated carbocycles. The third-order valence-electron chi connectivity index (χ3n) is 4.05. The Bertz CT molecular complexity index is 808. The van der Waals surface area contributed by atoms with E-state index in [0.717, 1.165) is 10.6 Å². The van der Waals surface area contributed by atoms with Crippen molar-refractivity contribution < 1.29 is 18.0 Å². The molecular weight excluding hydrogens is 344 g/mol. The van der Waals surface area contributed by atoms with E-state index in [1.54, 1.807) is 17.0 Å². The van der Waals surface area contributed by atoms with Crippen LogP contribution in [0.25, 0.3) is 0 Å². The molecule has 2 rings (SSSR count). The van der Waals surface area contributed by atoms with Crippen molar-refractivity contribution in [3.8, 4) is 6.07 Å². The first-order valence-electron chi connectivity index (χ1n) is 7.74. The van der Waals surface area contributed by atoms with Gasteiger partial charge in [-0.15, -0.1) is 0 Å². The number of rotatable bonds is 4. The molecule has 0 aromatic heterocycles. The van der Waals surface area contributed by atoms with E-state index in [-0.39, 0.29) is 29.6 Å². The zero-order chi connectivity index (χ0) is 18.6. The first-order chi connectivity index (χ1) is 11.7. The van der Waals surface area contributed by atoms with E-state index in [9.17, 15) is 23.3 Å². The molecule has 8 nitrogen and oxygen atoms in total. The minimum atomic E-state index is -3.74. The monoisotopic (exact) mass is 364 g/mol. The van der Waals surface area contributed by atoms with Gasteiger partial charge in [-0.1, -0.05) is 12.1 Å². The van der Waals surface area contributed by atoms with Crippen LogP contribution < -0.4 is 4.31 Å². The molecule has 1 saturated heterocycles. The zero-order valence-corrected chi connectivity index (χ0v) is 15.0. The van der Waals surface area contributed by atoms with Crippen LogP contribution in [0.2, 0.25) is 0 Å². The second-order valence-corrected chi connectivity index (χ2v) is 7.69. The Balaban J connectivity index is 2.18. The largest absolute Gasteiger partial charge is 0.339 e. The summed E-state index contributed by atoms with van der Waals surface area (Å²) in [4.78, 5) is 27.1. The van der Waals surface area contributed by atoms with Crippen LogP contribution in [0.1, 0.15) is 12.5 Å². The lowest BCUT2D eigenvalue weighted by Crippen LogP contribution is -2.52. The normalized spacial score (nSPS) is 14.8. The third kappa shape index (κ3) is 4.48. The number of carbonyl (C=O) groups is 2. The molecule has 1 aliphatic heterocycles. The van der Waals surface area contributed by atoms with Crippen molar-refractivity contribution in [2.45, 2.75) is 6.92 Å². The van der Waals surface area contributed by atoms with Crippen LogP contribution in [-0.2, 0) is 19.6 Å². The highest BCUT2D eigenvalue weighted by atomic mass is 32.2. The van der Waals surface area contributed by atoms with Crippen LogP contribution in [0.4, 0.5) is 5.69 Å². The second-order valence-electron chi connectivity index (χ2n) is 5.79. The van der Waals surface area contributed by atoms with Gasteiger partial charge in [-0.3, -0.25) is 13.9 Å². The number of sulfonamides is 1. The van der Waals surface area contributed by atoms with Gasteiger partial charge < -0.3 is 9.80 Å². The van der Waals surface area contributed by atoms with Crippen LogP contribution in [0, 0.1) is 11.3 Å². The fourth-order valence-corrected chi connectivity index (χ4v) is 3.52. The first-order valence-corrected chi connectivity index (χ1v) is 9.59. The minimum Gasteiger partial charge on any atom is -0.339 e. The summed E-state index contributed by atoms with van der Waals surface area (Å²) in [5.74, 6) is -0.408. The molecular formula is C16H20N4O4S. The Morgan fingerprint density at radius 3 is 2.24 bits per heavy atom. The summed E-state index contributed by atoms with van der Waals surface area (Å²) in [6.07, 6.45) is 1.00. The molecule has 1 aromatic rings. The highest BCUT2D eigenvalue weighted by Crippen LogP contribution is 2.22. The standard InChI is InChI=1S/C16H20N4O4S/c1-13(21)18-7-9-19(10-8-18)16(22)12-20(25(2,23)24)15-6-4-3-5-14(15)11-17/h3-6H,7-10,12H2,1-2H3. The van der Waals surface area contributed by atoms with Crippen molar-refractivity contribution in [1.29, 1.82) is 5.26 Å². The SMILES string of the molecule is CC(=O)N1CCN(C(=O)CN(c2ccccc2C#N)S(C)(=O)=O)CC1. The minimum absolute atomic E-state index is 0.0483. The predicted molar refractivity (Wildman–Crippen MR) is 92.2 cm³/mol. The summed E-state index contributed by atoms with van der Waals surface area (Å²) in [5, 5.41) is 9.19. The molecule has 1 fully saturated rings. The van der Waals surface area contributed by atoms with Crippen molar-refractivity contribution in [1.82, 2.24) is 9.80 Å². The molecule has 1 aliphatic rings. The van der Waals surface area contributed by atoms with Crippen molar-refractivity contribution in [2.75, 3.05) is 43.3 Å². The van der Waals surface area contributed by atoms with Crippen molar-refractivity contribution in [3.63, 3.8) is 0 Å². The van der Waals surface area contributed by atoms with Crippen LogP contribution >= 0.6 is 0 Å². The topological polar surface area (TPSA) is 102 Å². The lowest BCUT2D eigenvalue weighted by molar-refractivity contribution is -0.137. The summed E-state index contributed by atoms with van der Waals surface area (Å²) in [6, 6.07) is 8.19. The number of carbonyl (C=O) groups excluding carboxylic acids is 2. The van der Waals surface area contributed by atoms with Crippen molar-refractivity contribution in [3.05, 3.63) is 29.8 Å². The highest BCUT2D eigenvalue weighted by molar-refractivity contribution is 7.92. The van der Waals surface area contributed by atoms with Gasteiger partial charge in [0.2, 0.25) is 21.8 Å². The van der Waals surface area contributed by atoms with Crippen LogP contribution in [0.5, 0.6) is 0 Å². The van der Waals surface area contributed by atoms with Crippen LogP contribution in [-0.4, -0.2) is 69.0 Å². The molecule has 25 heavy (non-hydrogen) atoms. The molecule has 0 spiro atoms. The highest BCUT2D eigenvalue weighted by Gasteiger charge is 2.28. The maximum absolute atomic E-state index is 12.5. The van der Waals surface area contributed by atoms with Crippen molar-refractivity contribution in [2.24, 2.45) is 0 Å². The van der Waals surface area contributed by atoms with Gasteiger partial charge in [-0.2, -0.15) is 5.26 Å². The lowest BCUT2D eigenvalue weighted by atomic mass is 10.2. The van der Waals surface area contributed by atoms with E-state index in [4.69, 9.17) is 0 Å². The smallest absolute Gasteiger partial charge is 0.243 e. The molecule has 1 aromatic carbocycles. The number of anilines is 1. The summed E-state index contributed by atoms with van der Waals surface area (Å²) in [7, 11) is -3.74. The van der Waals surface area contributed by atoms with E-state index < -0.39 is 10.0 Å². The average molecular weight is 364 g/mol. The second kappa shape index (κ2) is 7.53. The molecule has 0 N–H and O–H groups in total. The van der Waals surface area contributed by atoms with Crippen molar-refractivity contribution >= 4 is 27.5 Å². The molecule has 134 valence electrons. The van der Waals surface area contributed by atoms with E-state index in [1.807, 2.05) is 6.07 Å². The maximum atomic E-state index is 12.5. The lowest BCUT2D eigenvalue weighted by Gasteiger charge is -2.35. The number of hydrogen-bond acceptors (Lipinski definition) is 5. The zero-order valence-electron chi connectivity index (χ0n) is 14.2. The number of benzene rings is 1. The number of nitriles is 1. The summed E-state index contributed by atoms with van der Waals surface area (Å²) < 4.78 is 25.3. The molecule has 9 heteroatoms. The number of nitrogens with zero attached hydrogens (tertiary/aromatic N) is 4. The van der Waals surface area contributed by atoms with Gasteiger partial charge in [0.05, 0.1) is 17.5 Å². The van der Waals surface area contributed by atoms with E-state index >= 15 is 0 Å². The quantitative estimate of drug-likeness (QED) is 0.749. The maximum Gasteiger partial charge on any atom is 0.243 e. The molecule has 2 amide bonds. The Morgan fingerprint density at radius 1 is 1.16 bits per heavy atom. The number of amides is 2. The van der Waals surface area contributed by atoms with E-state index in [2.05, 4.69) is 0 Å².